The fourth-order valence-electron chi connectivity index (χ4n) is 1.71. The van der Waals surface area contributed by atoms with Gasteiger partial charge in [-0.3, -0.25) is 0 Å². The Morgan fingerprint density at radius 1 is 1.26 bits per heavy atom. The summed E-state index contributed by atoms with van der Waals surface area (Å²) in [6.07, 6.45) is 3.33. The van der Waals surface area contributed by atoms with E-state index in [0.717, 1.165) is 17.9 Å². The molecule has 1 heterocycles. The van der Waals surface area contributed by atoms with E-state index < -0.39 is 0 Å². The molecule has 2 rings (SSSR count). The Bertz CT molecular complexity index is 529. The minimum absolute atomic E-state index is 0.224. The molecule has 2 aromatic rings. The van der Waals surface area contributed by atoms with Crippen molar-refractivity contribution in [3.8, 4) is 0 Å². The van der Waals surface area contributed by atoms with Crippen LogP contribution in [0.5, 0.6) is 0 Å². The van der Waals surface area contributed by atoms with Gasteiger partial charge in [0.15, 0.2) is 0 Å². The summed E-state index contributed by atoms with van der Waals surface area (Å²) >= 11 is 5.85. The van der Waals surface area contributed by atoms with Crippen LogP contribution in [0.15, 0.2) is 30.6 Å². The Balaban J connectivity index is 1.84. The van der Waals surface area contributed by atoms with Gasteiger partial charge in [-0.1, -0.05) is 23.7 Å². The van der Waals surface area contributed by atoms with Crippen LogP contribution in [0.4, 0.5) is 11.9 Å². The fourth-order valence-corrected chi connectivity index (χ4v) is 1.83. The lowest BCUT2D eigenvalue weighted by Gasteiger charge is -2.13. The van der Waals surface area contributed by atoms with Crippen LogP contribution in [0.2, 0.25) is 5.02 Å². The SMILES string of the molecule is CC(CCc1ccc(Cl)cc1)Nc1ncnc(N)n1. The highest BCUT2D eigenvalue weighted by atomic mass is 35.5. The molecule has 19 heavy (non-hydrogen) atoms. The summed E-state index contributed by atoms with van der Waals surface area (Å²) in [6, 6.07) is 8.13. The fraction of sp³-hybridized carbons (Fsp3) is 0.308. The molecule has 100 valence electrons. The molecule has 1 aromatic heterocycles. The zero-order valence-corrected chi connectivity index (χ0v) is 11.4. The second kappa shape index (κ2) is 6.33. The molecule has 6 heteroatoms. The minimum Gasteiger partial charge on any atom is -0.368 e. The third-order valence-electron chi connectivity index (χ3n) is 2.75. The lowest BCUT2D eigenvalue weighted by Crippen LogP contribution is -2.18. The van der Waals surface area contributed by atoms with E-state index in [2.05, 4.69) is 27.2 Å². The van der Waals surface area contributed by atoms with E-state index in [1.807, 2.05) is 24.3 Å². The van der Waals surface area contributed by atoms with Crippen molar-refractivity contribution in [3.05, 3.63) is 41.2 Å². The molecule has 0 aliphatic rings. The van der Waals surface area contributed by atoms with Gasteiger partial charge in [0.25, 0.3) is 0 Å². The highest BCUT2D eigenvalue weighted by Crippen LogP contribution is 2.12. The molecular formula is C13H16ClN5. The summed E-state index contributed by atoms with van der Waals surface area (Å²) in [4.78, 5) is 11.8. The lowest BCUT2D eigenvalue weighted by molar-refractivity contribution is 0.698. The van der Waals surface area contributed by atoms with E-state index in [9.17, 15) is 0 Å². The quantitative estimate of drug-likeness (QED) is 0.878. The normalized spacial score (nSPS) is 12.1. The predicted molar refractivity (Wildman–Crippen MR) is 77.1 cm³/mol. The Morgan fingerprint density at radius 3 is 2.68 bits per heavy atom. The number of aryl methyl sites for hydroxylation is 1. The van der Waals surface area contributed by atoms with E-state index in [1.54, 1.807) is 0 Å². The average molecular weight is 278 g/mol. The summed E-state index contributed by atoms with van der Waals surface area (Å²) in [5.41, 5.74) is 6.76. The molecule has 3 N–H and O–H groups in total. The van der Waals surface area contributed by atoms with Gasteiger partial charge in [-0.05, 0) is 37.5 Å². The van der Waals surface area contributed by atoms with Gasteiger partial charge in [0.1, 0.15) is 6.33 Å². The molecule has 1 atom stereocenters. The van der Waals surface area contributed by atoms with Crippen LogP contribution in [0.3, 0.4) is 0 Å². The molecule has 0 spiro atoms. The van der Waals surface area contributed by atoms with Crippen molar-refractivity contribution in [3.63, 3.8) is 0 Å². The second-order valence-electron chi connectivity index (χ2n) is 4.38. The predicted octanol–water partition coefficient (Wildman–Crippen LogP) is 2.54. The number of nitrogens with one attached hydrogen (secondary N) is 1. The molecule has 5 nitrogen and oxygen atoms in total. The summed E-state index contributed by atoms with van der Waals surface area (Å²) in [7, 11) is 0. The van der Waals surface area contributed by atoms with E-state index in [4.69, 9.17) is 17.3 Å². The van der Waals surface area contributed by atoms with Crippen molar-refractivity contribution in [2.24, 2.45) is 0 Å². The minimum atomic E-state index is 0.224. The van der Waals surface area contributed by atoms with Crippen LogP contribution in [0.25, 0.3) is 0 Å². The molecule has 1 unspecified atom stereocenters. The smallest absolute Gasteiger partial charge is 0.227 e. The van der Waals surface area contributed by atoms with E-state index in [-0.39, 0.29) is 12.0 Å². The number of nitrogens with two attached hydrogens (primary N) is 1. The van der Waals surface area contributed by atoms with Crippen LogP contribution in [0, 0.1) is 0 Å². The van der Waals surface area contributed by atoms with Gasteiger partial charge in [-0.15, -0.1) is 0 Å². The van der Waals surface area contributed by atoms with E-state index in [1.165, 1.54) is 11.9 Å². The van der Waals surface area contributed by atoms with Gasteiger partial charge in [0, 0.05) is 11.1 Å². The molecule has 0 bridgehead atoms. The second-order valence-corrected chi connectivity index (χ2v) is 4.81. The van der Waals surface area contributed by atoms with Crippen molar-refractivity contribution >= 4 is 23.5 Å². The Morgan fingerprint density at radius 2 is 2.00 bits per heavy atom. The van der Waals surface area contributed by atoms with Crippen molar-refractivity contribution in [2.75, 3.05) is 11.1 Å². The first kappa shape index (κ1) is 13.5. The first-order valence-corrected chi connectivity index (χ1v) is 6.47. The highest BCUT2D eigenvalue weighted by molar-refractivity contribution is 6.30. The third-order valence-corrected chi connectivity index (χ3v) is 3.00. The zero-order valence-electron chi connectivity index (χ0n) is 10.7. The number of hydrogen-bond donors (Lipinski definition) is 2. The summed E-state index contributed by atoms with van der Waals surface area (Å²) in [5.74, 6) is 0.735. The average Bonchev–Trinajstić information content (AvgIpc) is 2.38. The number of nitrogens with zero attached hydrogens (tertiary/aromatic N) is 3. The Kier molecular flexibility index (Phi) is 4.52. The van der Waals surface area contributed by atoms with Gasteiger partial charge in [0.2, 0.25) is 11.9 Å². The lowest BCUT2D eigenvalue weighted by atomic mass is 10.1. The molecule has 0 aliphatic carbocycles. The van der Waals surface area contributed by atoms with Crippen LogP contribution >= 0.6 is 11.6 Å². The van der Waals surface area contributed by atoms with Gasteiger partial charge >= 0.3 is 0 Å². The maximum absolute atomic E-state index is 5.85. The maximum atomic E-state index is 5.85. The largest absolute Gasteiger partial charge is 0.368 e. The van der Waals surface area contributed by atoms with Crippen molar-refractivity contribution in [1.82, 2.24) is 15.0 Å². The monoisotopic (exact) mass is 277 g/mol. The third kappa shape index (κ3) is 4.37. The summed E-state index contributed by atoms with van der Waals surface area (Å²) < 4.78 is 0. The van der Waals surface area contributed by atoms with Crippen molar-refractivity contribution < 1.29 is 0 Å². The molecule has 0 radical (unpaired) electrons. The molecule has 1 aromatic carbocycles. The van der Waals surface area contributed by atoms with Crippen LogP contribution in [0.1, 0.15) is 18.9 Å². The number of benzene rings is 1. The molecule has 0 aliphatic heterocycles. The number of hydrogen-bond acceptors (Lipinski definition) is 5. The Labute approximate surface area is 117 Å². The number of anilines is 2. The number of halogens is 1. The van der Waals surface area contributed by atoms with Gasteiger partial charge in [-0.2, -0.15) is 4.98 Å². The molecule has 0 fully saturated rings. The number of rotatable bonds is 5. The number of nitrogen functional groups attached to an aromatic ring is 1. The standard InChI is InChI=1S/C13H16ClN5/c1-9(18-13-17-8-16-12(15)19-13)2-3-10-4-6-11(14)7-5-10/h4-9H,2-3H2,1H3,(H3,15,16,17,18,19). The topological polar surface area (TPSA) is 76.7 Å². The van der Waals surface area contributed by atoms with Crippen LogP contribution < -0.4 is 11.1 Å². The first-order valence-electron chi connectivity index (χ1n) is 6.09. The Hall–Kier alpha value is -1.88. The highest BCUT2D eigenvalue weighted by Gasteiger charge is 2.05. The van der Waals surface area contributed by atoms with Gasteiger partial charge in [-0.25, -0.2) is 9.97 Å². The van der Waals surface area contributed by atoms with Gasteiger partial charge < -0.3 is 11.1 Å². The summed E-state index contributed by atoms with van der Waals surface area (Å²) in [6.45, 7) is 2.08. The zero-order chi connectivity index (χ0) is 13.7. The summed E-state index contributed by atoms with van der Waals surface area (Å²) in [5, 5.41) is 3.96. The molecule has 0 saturated carbocycles. The molecule has 0 amide bonds. The number of aromatic nitrogens is 3. The first-order chi connectivity index (χ1) is 9.13. The van der Waals surface area contributed by atoms with Crippen LogP contribution in [-0.2, 0) is 6.42 Å². The van der Waals surface area contributed by atoms with Crippen molar-refractivity contribution in [2.45, 2.75) is 25.8 Å². The van der Waals surface area contributed by atoms with Crippen molar-refractivity contribution in [1.29, 1.82) is 0 Å². The maximum Gasteiger partial charge on any atom is 0.227 e. The van der Waals surface area contributed by atoms with Gasteiger partial charge in [0.05, 0.1) is 0 Å². The molecular weight excluding hydrogens is 262 g/mol. The van der Waals surface area contributed by atoms with E-state index >= 15 is 0 Å². The molecule has 0 saturated heterocycles. The van der Waals surface area contributed by atoms with E-state index in [0.29, 0.717) is 5.95 Å². The van der Waals surface area contributed by atoms with Crippen LogP contribution in [-0.4, -0.2) is 21.0 Å².